The third kappa shape index (κ3) is 5.34. The molecular formula is C14H22ClFN2. The first-order chi connectivity index (χ1) is 8.52. The van der Waals surface area contributed by atoms with Crippen LogP contribution >= 0.6 is 11.6 Å². The summed E-state index contributed by atoms with van der Waals surface area (Å²) in [5, 5.41) is 3.67. The van der Waals surface area contributed by atoms with Gasteiger partial charge in [-0.3, -0.25) is 0 Å². The average molecular weight is 273 g/mol. The smallest absolute Gasteiger partial charge is 0.142 e. The molecule has 0 bridgehead atoms. The van der Waals surface area contributed by atoms with Gasteiger partial charge in [0.15, 0.2) is 0 Å². The summed E-state index contributed by atoms with van der Waals surface area (Å²) >= 11 is 5.69. The Kier molecular flexibility index (Phi) is 6.61. The lowest BCUT2D eigenvalue weighted by atomic mass is 10.1. The lowest BCUT2D eigenvalue weighted by Crippen LogP contribution is -2.40. The molecule has 0 saturated carbocycles. The summed E-state index contributed by atoms with van der Waals surface area (Å²) in [6, 6.07) is 5.37. The van der Waals surface area contributed by atoms with Crippen molar-refractivity contribution in [2.75, 3.05) is 27.2 Å². The summed E-state index contributed by atoms with van der Waals surface area (Å²) < 4.78 is 13.4. The summed E-state index contributed by atoms with van der Waals surface area (Å²) in [5.74, 6) is -0.340. The number of nitrogens with one attached hydrogen (secondary N) is 1. The maximum Gasteiger partial charge on any atom is 0.142 e. The molecule has 102 valence electrons. The van der Waals surface area contributed by atoms with E-state index in [9.17, 15) is 4.39 Å². The molecule has 4 heteroatoms. The molecule has 0 saturated heterocycles. The Morgan fingerprint density at radius 2 is 2.11 bits per heavy atom. The standard InChI is InChI=1S/C14H22ClFN2/c1-4-7-17-12(10-18(2)3)8-11-5-6-13(15)14(16)9-11/h5-6,9,12,17H,4,7-8,10H2,1-3H3. The number of rotatable bonds is 7. The Labute approximate surface area is 114 Å². The van der Waals surface area contributed by atoms with E-state index in [-0.39, 0.29) is 10.8 Å². The van der Waals surface area contributed by atoms with Crippen molar-refractivity contribution in [1.82, 2.24) is 10.2 Å². The molecule has 2 nitrogen and oxygen atoms in total. The Hall–Kier alpha value is -0.640. The van der Waals surface area contributed by atoms with Gasteiger partial charge in [-0.15, -0.1) is 0 Å². The predicted octanol–water partition coefficient (Wildman–Crippen LogP) is 2.95. The molecule has 0 aromatic heterocycles. The molecule has 1 N–H and O–H groups in total. The minimum Gasteiger partial charge on any atom is -0.312 e. The van der Waals surface area contributed by atoms with Crippen molar-refractivity contribution in [3.63, 3.8) is 0 Å². The van der Waals surface area contributed by atoms with E-state index in [4.69, 9.17) is 11.6 Å². The molecule has 0 aliphatic heterocycles. The van der Waals surface area contributed by atoms with Crippen LogP contribution in [0, 0.1) is 5.82 Å². The van der Waals surface area contributed by atoms with Gasteiger partial charge < -0.3 is 10.2 Å². The molecule has 1 aromatic carbocycles. The lowest BCUT2D eigenvalue weighted by molar-refractivity contribution is 0.336. The van der Waals surface area contributed by atoms with Crippen LogP contribution in [0.25, 0.3) is 0 Å². The van der Waals surface area contributed by atoms with Crippen LogP contribution < -0.4 is 5.32 Å². The van der Waals surface area contributed by atoms with Crippen molar-refractivity contribution in [3.8, 4) is 0 Å². The molecule has 0 aliphatic carbocycles. The molecule has 0 amide bonds. The molecule has 0 radical (unpaired) electrons. The third-order valence-electron chi connectivity index (χ3n) is 2.73. The van der Waals surface area contributed by atoms with Gasteiger partial charge in [0, 0.05) is 12.6 Å². The van der Waals surface area contributed by atoms with Gasteiger partial charge in [0.05, 0.1) is 5.02 Å². The maximum atomic E-state index is 13.4. The fourth-order valence-electron chi connectivity index (χ4n) is 1.94. The number of nitrogens with zero attached hydrogens (tertiary/aromatic N) is 1. The second-order valence-corrected chi connectivity index (χ2v) is 5.27. The molecule has 18 heavy (non-hydrogen) atoms. The van der Waals surface area contributed by atoms with E-state index in [2.05, 4.69) is 17.1 Å². The summed E-state index contributed by atoms with van der Waals surface area (Å²) in [4.78, 5) is 2.14. The molecule has 1 aromatic rings. The highest BCUT2D eigenvalue weighted by Gasteiger charge is 2.11. The van der Waals surface area contributed by atoms with Gasteiger partial charge in [0.25, 0.3) is 0 Å². The molecule has 0 aliphatic rings. The third-order valence-corrected chi connectivity index (χ3v) is 3.04. The Morgan fingerprint density at radius 3 is 2.67 bits per heavy atom. The molecule has 1 atom stereocenters. The minimum atomic E-state index is -0.340. The maximum absolute atomic E-state index is 13.4. The van der Waals surface area contributed by atoms with Crippen molar-refractivity contribution >= 4 is 11.6 Å². The first kappa shape index (κ1) is 15.4. The Bertz CT molecular complexity index is 369. The number of hydrogen-bond acceptors (Lipinski definition) is 2. The zero-order chi connectivity index (χ0) is 13.5. The summed E-state index contributed by atoms with van der Waals surface area (Å²) in [5.41, 5.74) is 0.979. The summed E-state index contributed by atoms with van der Waals surface area (Å²) in [6.45, 7) is 4.06. The molecule has 1 unspecified atom stereocenters. The van der Waals surface area contributed by atoms with Crippen LogP contribution in [0.15, 0.2) is 18.2 Å². The molecule has 0 heterocycles. The zero-order valence-electron chi connectivity index (χ0n) is 11.3. The van der Waals surface area contributed by atoms with Crippen LogP contribution in [0.4, 0.5) is 4.39 Å². The topological polar surface area (TPSA) is 15.3 Å². The predicted molar refractivity (Wildman–Crippen MR) is 75.7 cm³/mol. The van der Waals surface area contributed by atoms with E-state index in [1.54, 1.807) is 6.07 Å². The fraction of sp³-hybridized carbons (Fsp3) is 0.571. The quantitative estimate of drug-likeness (QED) is 0.821. The highest BCUT2D eigenvalue weighted by molar-refractivity contribution is 6.30. The van der Waals surface area contributed by atoms with Crippen molar-refractivity contribution < 1.29 is 4.39 Å². The summed E-state index contributed by atoms with van der Waals surface area (Å²) in [6.07, 6.45) is 1.91. The van der Waals surface area contributed by atoms with E-state index in [1.165, 1.54) is 6.07 Å². The average Bonchev–Trinajstić information content (AvgIpc) is 2.30. The highest BCUT2D eigenvalue weighted by atomic mass is 35.5. The highest BCUT2D eigenvalue weighted by Crippen LogP contribution is 2.16. The second kappa shape index (κ2) is 7.72. The van der Waals surface area contributed by atoms with Gasteiger partial charge in [-0.2, -0.15) is 0 Å². The van der Waals surface area contributed by atoms with E-state index in [1.807, 2.05) is 20.2 Å². The lowest BCUT2D eigenvalue weighted by Gasteiger charge is -2.22. The van der Waals surface area contributed by atoms with Gasteiger partial charge in [0.2, 0.25) is 0 Å². The van der Waals surface area contributed by atoms with Crippen LogP contribution in [0.2, 0.25) is 5.02 Å². The molecule has 0 spiro atoms. The number of likely N-dealkylation sites (N-methyl/N-ethyl adjacent to an activating group) is 1. The molecule has 1 rings (SSSR count). The van der Waals surface area contributed by atoms with Crippen LogP contribution in [0.3, 0.4) is 0 Å². The van der Waals surface area contributed by atoms with Crippen LogP contribution in [-0.2, 0) is 6.42 Å². The molecular weight excluding hydrogens is 251 g/mol. The fourth-order valence-corrected chi connectivity index (χ4v) is 2.06. The SMILES string of the molecule is CCCNC(Cc1ccc(Cl)c(F)c1)CN(C)C. The van der Waals surface area contributed by atoms with Gasteiger partial charge >= 0.3 is 0 Å². The van der Waals surface area contributed by atoms with Crippen LogP contribution in [-0.4, -0.2) is 38.1 Å². The number of hydrogen-bond donors (Lipinski definition) is 1. The molecule has 0 fully saturated rings. The largest absolute Gasteiger partial charge is 0.312 e. The van der Waals surface area contributed by atoms with Crippen molar-refractivity contribution in [1.29, 1.82) is 0 Å². The zero-order valence-corrected chi connectivity index (χ0v) is 12.1. The van der Waals surface area contributed by atoms with Crippen molar-refractivity contribution in [2.24, 2.45) is 0 Å². The number of benzene rings is 1. The van der Waals surface area contributed by atoms with E-state index >= 15 is 0 Å². The van der Waals surface area contributed by atoms with Crippen molar-refractivity contribution in [2.45, 2.75) is 25.8 Å². The first-order valence-electron chi connectivity index (χ1n) is 6.35. The van der Waals surface area contributed by atoms with Gasteiger partial charge in [-0.05, 0) is 51.2 Å². The van der Waals surface area contributed by atoms with E-state index in [0.717, 1.165) is 31.5 Å². The monoisotopic (exact) mass is 272 g/mol. The first-order valence-corrected chi connectivity index (χ1v) is 6.72. The normalized spacial score (nSPS) is 13.0. The number of halogens is 2. The van der Waals surface area contributed by atoms with Crippen LogP contribution in [0.1, 0.15) is 18.9 Å². The Balaban J connectivity index is 2.65. The van der Waals surface area contributed by atoms with Crippen LogP contribution in [0.5, 0.6) is 0 Å². The minimum absolute atomic E-state index is 0.185. The van der Waals surface area contributed by atoms with Gasteiger partial charge in [-0.25, -0.2) is 4.39 Å². The summed E-state index contributed by atoms with van der Waals surface area (Å²) in [7, 11) is 4.09. The van der Waals surface area contributed by atoms with Gasteiger partial charge in [-0.1, -0.05) is 24.6 Å². The second-order valence-electron chi connectivity index (χ2n) is 4.87. The van der Waals surface area contributed by atoms with E-state index < -0.39 is 0 Å². The Morgan fingerprint density at radius 1 is 1.39 bits per heavy atom. The van der Waals surface area contributed by atoms with Gasteiger partial charge in [0.1, 0.15) is 5.82 Å². The van der Waals surface area contributed by atoms with Crippen molar-refractivity contribution in [3.05, 3.63) is 34.6 Å². The van der Waals surface area contributed by atoms with E-state index in [0.29, 0.717) is 6.04 Å².